The first-order valence-corrected chi connectivity index (χ1v) is 8.55. The van der Waals surface area contributed by atoms with E-state index in [4.69, 9.17) is 0 Å². The zero-order valence-electron chi connectivity index (χ0n) is 14.1. The van der Waals surface area contributed by atoms with Crippen molar-refractivity contribution in [1.82, 2.24) is 15.1 Å². The van der Waals surface area contributed by atoms with Gasteiger partial charge in [-0.1, -0.05) is 15.9 Å². The summed E-state index contributed by atoms with van der Waals surface area (Å²) in [6, 6.07) is 9.12. The predicted octanol–water partition coefficient (Wildman–Crippen LogP) is 3.16. The van der Waals surface area contributed by atoms with Crippen LogP contribution in [0.5, 0.6) is 0 Å². The van der Waals surface area contributed by atoms with Gasteiger partial charge >= 0.3 is 0 Å². The molecule has 0 aliphatic carbocycles. The van der Waals surface area contributed by atoms with E-state index in [0.717, 1.165) is 35.2 Å². The molecule has 0 unspecified atom stereocenters. The lowest BCUT2D eigenvalue weighted by molar-refractivity contribution is 0.102. The molecule has 0 bridgehead atoms. The maximum Gasteiger partial charge on any atom is 0.276 e. The summed E-state index contributed by atoms with van der Waals surface area (Å²) in [5.41, 5.74) is 2.02. The number of amides is 1. The van der Waals surface area contributed by atoms with Gasteiger partial charge in [0.25, 0.3) is 5.91 Å². The molecule has 24 heavy (non-hydrogen) atoms. The maximum absolute atomic E-state index is 12.2. The van der Waals surface area contributed by atoms with Gasteiger partial charge in [0.05, 0.1) is 0 Å². The van der Waals surface area contributed by atoms with Crippen LogP contribution < -0.4 is 10.6 Å². The Morgan fingerprint density at radius 3 is 2.62 bits per heavy atom. The zero-order chi connectivity index (χ0) is 17.5. The lowest BCUT2D eigenvalue weighted by Gasteiger charge is -2.10. The Labute approximate surface area is 150 Å². The molecule has 1 aromatic heterocycles. The smallest absolute Gasteiger partial charge is 0.276 e. The number of nitrogens with one attached hydrogen (secondary N) is 2. The highest BCUT2D eigenvalue weighted by Gasteiger charge is 2.10. The summed E-state index contributed by atoms with van der Waals surface area (Å²) < 4.78 is 0.975. The Hall–Kier alpha value is -1.99. The number of halogens is 1. The Bertz CT molecular complexity index is 688. The molecule has 1 amide bonds. The van der Waals surface area contributed by atoms with Crippen LogP contribution in [0.4, 0.5) is 11.5 Å². The third-order valence-corrected chi connectivity index (χ3v) is 3.92. The van der Waals surface area contributed by atoms with Gasteiger partial charge in [-0.2, -0.15) is 0 Å². The van der Waals surface area contributed by atoms with Gasteiger partial charge in [0.1, 0.15) is 5.82 Å². The summed E-state index contributed by atoms with van der Waals surface area (Å²) in [6.45, 7) is 3.76. The van der Waals surface area contributed by atoms with Crippen LogP contribution in [0.25, 0.3) is 0 Å². The van der Waals surface area contributed by atoms with Crippen molar-refractivity contribution in [3.05, 3.63) is 46.1 Å². The number of rotatable bonds is 7. The number of carbonyl (C=O) groups is 1. The normalized spacial score (nSPS) is 10.7. The lowest BCUT2D eigenvalue weighted by atomic mass is 10.2. The van der Waals surface area contributed by atoms with Crippen molar-refractivity contribution in [2.75, 3.05) is 37.8 Å². The standard InChI is InChI=1S/C17H22BrN5O/c1-12-11-13(18)5-6-14(12)20-17(24)15-7-8-16(22-21-15)19-9-4-10-23(2)3/h5-8,11H,4,9-10H2,1-3H3,(H,19,22)(H,20,24). The van der Waals surface area contributed by atoms with E-state index in [1.807, 2.05) is 39.2 Å². The van der Waals surface area contributed by atoms with Gasteiger partial charge in [-0.05, 0) is 69.9 Å². The van der Waals surface area contributed by atoms with Crippen LogP contribution in [0, 0.1) is 6.92 Å². The number of hydrogen-bond donors (Lipinski definition) is 2. The van der Waals surface area contributed by atoms with E-state index >= 15 is 0 Å². The van der Waals surface area contributed by atoms with Crippen LogP contribution in [-0.4, -0.2) is 48.2 Å². The SMILES string of the molecule is Cc1cc(Br)ccc1NC(=O)c1ccc(NCCCN(C)C)nn1. The van der Waals surface area contributed by atoms with Gasteiger partial charge in [-0.25, -0.2) is 0 Å². The molecule has 2 rings (SSSR count). The van der Waals surface area contributed by atoms with Crippen molar-refractivity contribution in [2.45, 2.75) is 13.3 Å². The molecule has 0 aliphatic rings. The minimum Gasteiger partial charge on any atom is -0.369 e. The Kier molecular flexibility index (Phi) is 6.69. The van der Waals surface area contributed by atoms with Crippen molar-refractivity contribution in [2.24, 2.45) is 0 Å². The number of nitrogens with zero attached hydrogens (tertiary/aromatic N) is 3. The third kappa shape index (κ3) is 5.58. The fourth-order valence-electron chi connectivity index (χ4n) is 2.11. The highest BCUT2D eigenvalue weighted by molar-refractivity contribution is 9.10. The molecule has 0 aliphatic heterocycles. The molecule has 0 atom stereocenters. The summed E-state index contributed by atoms with van der Waals surface area (Å²) in [6.07, 6.45) is 1.01. The number of carbonyl (C=O) groups excluding carboxylic acids is 1. The Morgan fingerprint density at radius 2 is 2.00 bits per heavy atom. The molecule has 1 aromatic carbocycles. The minimum atomic E-state index is -0.271. The van der Waals surface area contributed by atoms with Gasteiger partial charge in [0.2, 0.25) is 0 Å². The van der Waals surface area contributed by atoms with Crippen LogP contribution in [0.15, 0.2) is 34.8 Å². The number of aromatic nitrogens is 2. The molecule has 2 aromatic rings. The number of anilines is 2. The first kappa shape index (κ1) is 18.4. The quantitative estimate of drug-likeness (QED) is 0.709. The van der Waals surface area contributed by atoms with Gasteiger partial charge in [0.15, 0.2) is 5.69 Å². The van der Waals surface area contributed by atoms with Crippen LogP contribution in [0.2, 0.25) is 0 Å². The molecular weight excluding hydrogens is 370 g/mol. The molecule has 0 spiro atoms. The van der Waals surface area contributed by atoms with E-state index in [1.165, 1.54) is 0 Å². The van der Waals surface area contributed by atoms with Crippen molar-refractivity contribution < 1.29 is 4.79 Å². The second kappa shape index (κ2) is 8.75. The average molecular weight is 392 g/mol. The van der Waals surface area contributed by atoms with Gasteiger partial charge in [-0.3, -0.25) is 4.79 Å². The summed E-state index contributed by atoms with van der Waals surface area (Å²) in [7, 11) is 4.08. The number of hydrogen-bond acceptors (Lipinski definition) is 5. The Morgan fingerprint density at radius 1 is 1.21 bits per heavy atom. The summed E-state index contributed by atoms with van der Waals surface area (Å²) in [5.74, 6) is 0.400. The molecule has 1 heterocycles. The zero-order valence-corrected chi connectivity index (χ0v) is 15.7. The fourth-order valence-corrected chi connectivity index (χ4v) is 2.59. The molecular formula is C17H22BrN5O. The largest absolute Gasteiger partial charge is 0.369 e. The van der Waals surface area contributed by atoms with Crippen LogP contribution in [-0.2, 0) is 0 Å². The van der Waals surface area contributed by atoms with Gasteiger partial charge in [0, 0.05) is 16.7 Å². The fraction of sp³-hybridized carbons (Fsp3) is 0.353. The third-order valence-electron chi connectivity index (χ3n) is 3.42. The first-order valence-electron chi connectivity index (χ1n) is 7.75. The molecule has 2 N–H and O–H groups in total. The summed E-state index contributed by atoms with van der Waals surface area (Å²) in [4.78, 5) is 14.4. The topological polar surface area (TPSA) is 70.2 Å². The molecule has 0 radical (unpaired) electrons. The van der Waals surface area contributed by atoms with Crippen molar-refractivity contribution in [1.29, 1.82) is 0 Å². The van der Waals surface area contributed by atoms with E-state index < -0.39 is 0 Å². The highest BCUT2D eigenvalue weighted by atomic mass is 79.9. The molecule has 7 heteroatoms. The van der Waals surface area contributed by atoms with Gasteiger partial charge < -0.3 is 15.5 Å². The Balaban J connectivity index is 1.91. The molecule has 0 fully saturated rings. The van der Waals surface area contributed by atoms with E-state index in [2.05, 4.69) is 41.7 Å². The second-order valence-corrected chi connectivity index (χ2v) is 6.72. The predicted molar refractivity (Wildman–Crippen MR) is 101 cm³/mol. The van der Waals surface area contributed by atoms with Crippen LogP contribution in [0.1, 0.15) is 22.5 Å². The monoisotopic (exact) mass is 391 g/mol. The van der Waals surface area contributed by atoms with E-state index in [1.54, 1.807) is 12.1 Å². The van der Waals surface area contributed by atoms with Crippen molar-refractivity contribution >= 4 is 33.3 Å². The number of aryl methyl sites for hydroxylation is 1. The number of benzene rings is 1. The van der Waals surface area contributed by atoms with Crippen molar-refractivity contribution in [3.8, 4) is 0 Å². The maximum atomic E-state index is 12.2. The summed E-state index contributed by atoms with van der Waals surface area (Å²) in [5, 5.41) is 14.1. The van der Waals surface area contributed by atoms with E-state index in [9.17, 15) is 4.79 Å². The molecule has 0 saturated heterocycles. The summed E-state index contributed by atoms with van der Waals surface area (Å²) >= 11 is 3.40. The average Bonchev–Trinajstić information content (AvgIpc) is 2.54. The van der Waals surface area contributed by atoms with Crippen LogP contribution in [0.3, 0.4) is 0 Å². The molecule has 128 valence electrons. The van der Waals surface area contributed by atoms with E-state index in [-0.39, 0.29) is 11.6 Å². The van der Waals surface area contributed by atoms with Crippen LogP contribution >= 0.6 is 15.9 Å². The van der Waals surface area contributed by atoms with Gasteiger partial charge in [-0.15, -0.1) is 10.2 Å². The molecule has 0 saturated carbocycles. The van der Waals surface area contributed by atoms with Crippen molar-refractivity contribution in [3.63, 3.8) is 0 Å². The minimum absolute atomic E-state index is 0.271. The van der Waals surface area contributed by atoms with E-state index in [0.29, 0.717) is 5.82 Å². The lowest BCUT2D eigenvalue weighted by Crippen LogP contribution is -2.17. The highest BCUT2D eigenvalue weighted by Crippen LogP contribution is 2.20. The first-order chi connectivity index (χ1) is 11.5. The molecule has 6 nitrogen and oxygen atoms in total. The second-order valence-electron chi connectivity index (χ2n) is 5.80.